The third-order valence-electron chi connectivity index (χ3n) is 6.12. The minimum atomic E-state index is -0.791. The molecule has 3 aromatic rings. The molecule has 2 amide bonds. The van der Waals surface area contributed by atoms with E-state index in [1.807, 2.05) is 75.4 Å². The van der Waals surface area contributed by atoms with E-state index in [1.54, 1.807) is 12.1 Å². The summed E-state index contributed by atoms with van der Waals surface area (Å²) in [6.45, 7) is 12.0. The molecule has 0 radical (unpaired) electrons. The SMILES string of the molecule is CC(C)(C)NC(=O)[C@H](Cc1ccccc1)N(Cc1ccc(F)cc1)C(=O)COc1ccc(C(C)(C)C)cc1. The van der Waals surface area contributed by atoms with Gasteiger partial charge in [0.25, 0.3) is 5.91 Å². The molecule has 0 unspecified atom stereocenters. The summed E-state index contributed by atoms with van der Waals surface area (Å²) in [6.07, 6.45) is 0.329. The first-order valence-electron chi connectivity index (χ1n) is 12.9. The van der Waals surface area contributed by atoms with E-state index in [0.717, 1.165) is 16.7 Å². The van der Waals surface area contributed by atoms with Gasteiger partial charge in [-0.25, -0.2) is 4.39 Å². The lowest BCUT2D eigenvalue weighted by atomic mass is 9.87. The number of rotatable bonds is 9. The normalized spacial score (nSPS) is 12.5. The Morgan fingerprint density at radius 3 is 2.00 bits per heavy atom. The van der Waals surface area contributed by atoms with E-state index in [2.05, 4.69) is 26.1 Å². The van der Waals surface area contributed by atoms with Gasteiger partial charge in [0.15, 0.2) is 6.61 Å². The predicted molar refractivity (Wildman–Crippen MR) is 149 cm³/mol. The van der Waals surface area contributed by atoms with Crippen LogP contribution in [-0.4, -0.2) is 34.9 Å². The quantitative estimate of drug-likeness (QED) is 0.375. The van der Waals surface area contributed by atoms with Crippen molar-refractivity contribution in [3.05, 3.63) is 101 Å². The summed E-state index contributed by atoms with van der Waals surface area (Å²) in [6, 6.07) is 22.5. The smallest absolute Gasteiger partial charge is 0.261 e. The van der Waals surface area contributed by atoms with Crippen molar-refractivity contribution in [2.75, 3.05) is 6.61 Å². The highest BCUT2D eigenvalue weighted by atomic mass is 19.1. The van der Waals surface area contributed by atoms with Crippen LogP contribution in [0.25, 0.3) is 0 Å². The second kappa shape index (κ2) is 12.2. The van der Waals surface area contributed by atoms with Crippen LogP contribution in [0.15, 0.2) is 78.9 Å². The Morgan fingerprint density at radius 2 is 1.45 bits per heavy atom. The van der Waals surface area contributed by atoms with Crippen LogP contribution in [0.4, 0.5) is 4.39 Å². The monoisotopic (exact) mass is 518 g/mol. The van der Waals surface area contributed by atoms with Gasteiger partial charge in [-0.15, -0.1) is 0 Å². The molecule has 0 aliphatic carbocycles. The standard InChI is InChI=1S/C32H39FN2O3/c1-31(2,3)25-14-18-27(19-15-25)38-22-29(36)35(21-24-12-16-26(33)17-13-24)28(30(37)34-32(4,5)6)20-23-10-8-7-9-11-23/h7-19,28H,20-22H2,1-6H3,(H,34,37)/t28-/m0/s1. The Hall–Kier alpha value is -3.67. The van der Waals surface area contributed by atoms with Crippen LogP contribution >= 0.6 is 0 Å². The summed E-state index contributed by atoms with van der Waals surface area (Å²) in [5, 5.41) is 3.03. The van der Waals surface area contributed by atoms with Crippen LogP contribution in [0.1, 0.15) is 58.2 Å². The van der Waals surface area contributed by atoms with Gasteiger partial charge in [0.05, 0.1) is 0 Å². The number of ether oxygens (including phenoxy) is 1. The number of carbonyl (C=O) groups is 2. The number of hydrogen-bond acceptors (Lipinski definition) is 3. The lowest BCUT2D eigenvalue weighted by Crippen LogP contribution is -2.55. The molecule has 6 heteroatoms. The molecule has 0 saturated heterocycles. The van der Waals surface area contributed by atoms with Gasteiger partial charge in [-0.1, -0.05) is 75.4 Å². The summed E-state index contributed by atoms with van der Waals surface area (Å²) >= 11 is 0. The molecule has 0 aliphatic rings. The highest BCUT2D eigenvalue weighted by molar-refractivity contribution is 5.89. The summed E-state index contributed by atoms with van der Waals surface area (Å²) in [5.74, 6) is -0.377. The van der Waals surface area contributed by atoms with E-state index >= 15 is 0 Å². The zero-order valence-corrected chi connectivity index (χ0v) is 23.3. The number of nitrogens with zero attached hydrogens (tertiary/aromatic N) is 1. The number of benzene rings is 3. The van der Waals surface area contributed by atoms with E-state index in [0.29, 0.717) is 12.2 Å². The Kier molecular flexibility index (Phi) is 9.31. The number of carbonyl (C=O) groups excluding carboxylic acids is 2. The van der Waals surface area contributed by atoms with Crippen LogP contribution < -0.4 is 10.1 Å². The summed E-state index contributed by atoms with van der Waals surface area (Å²) in [5.41, 5.74) is 2.33. The van der Waals surface area contributed by atoms with Gasteiger partial charge >= 0.3 is 0 Å². The van der Waals surface area contributed by atoms with Crippen molar-refractivity contribution in [1.29, 1.82) is 0 Å². The number of hydrogen-bond donors (Lipinski definition) is 1. The second-order valence-electron chi connectivity index (χ2n) is 11.7. The Bertz CT molecular complexity index is 1190. The lowest BCUT2D eigenvalue weighted by Gasteiger charge is -2.33. The lowest BCUT2D eigenvalue weighted by molar-refractivity contribution is -0.143. The molecule has 5 nitrogen and oxygen atoms in total. The summed E-state index contributed by atoms with van der Waals surface area (Å²) in [4.78, 5) is 28.7. The molecular weight excluding hydrogens is 479 g/mol. The van der Waals surface area contributed by atoms with Gasteiger partial charge in [-0.05, 0) is 67.1 Å². The Balaban J connectivity index is 1.89. The minimum absolute atomic E-state index is 0.00534. The van der Waals surface area contributed by atoms with E-state index in [1.165, 1.54) is 17.0 Å². The highest BCUT2D eigenvalue weighted by Gasteiger charge is 2.32. The maximum atomic E-state index is 13.7. The molecule has 0 aliphatic heterocycles. The molecule has 202 valence electrons. The molecule has 3 aromatic carbocycles. The van der Waals surface area contributed by atoms with Crippen molar-refractivity contribution in [1.82, 2.24) is 10.2 Å². The van der Waals surface area contributed by atoms with E-state index in [4.69, 9.17) is 4.74 Å². The molecule has 0 bridgehead atoms. The fourth-order valence-electron chi connectivity index (χ4n) is 4.07. The van der Waals surface area contributed by atoms with Gasteiger partial charge < -0.3 is 15.0 Å². The van der Waals surface area contributed by atoms with Crippen molar-refractivity contribution in [3.8, 4) is 5.75 Å². The average molecular weight is 519 g/mol. The van der Waals surface area contributed by atoms with Crippen LogP contribution in [-0.2, 0) is 28.0 Å². The third-order valence-corrected chi connectivity index (χ3v) is 6.12. The zero-order valence-electron chi connectivity index (χ0n) is 23.3. The van der Waals surface area contributed by atoms with Crippen LogP contribution in [0.2, 0.25) is 0 Å². The van der Waals surface area contributed by atoms with Gasteiger partial charge in [-0.3, -0.25) is 9.59 Å². The van der Waals surface area contributed by atoms with E-state index in [-0.39, 0.29) is 36.2 Å². The zero-order chi connectivity index (χ0) is 27.9. The number of amides is 2. The first kappa shape index (κ1) is 28.9. The third kappa shape index (κ3) is 8.72. The van der Waals surface area contributed by atoms with Crippen LogP contribution in [0.5, 0.6) is 5.75 Å². The van der Waals surface area contributed by atoms with Crippen molar-refractivity contribution in [3.63, 3.8) is 0 Å². The van der Waals surface area contributed by atoms with Gasteiger partial charge in [-0.2, -0.15) is 0 Å². The average Bonchev–Trinajstić information content (AvgIpc) is 2.85. The van der Waals surface area contributed by atoms with E-state index < -0.39 is 11.6 Å². The molecule has 0 spiro atoms. The Morgan fingerprint density at radius 1 is 0.842 bits per heavy atom. The number of nitrogens with one attached hydrogen (secondary N) is 1. The molecule has 3 rings (SSSR count). The first-order valence-corrected chi connectivity index (χ1v) is 12.9. The number of halogens is 1. The summed E-state index contributed by atoms with van der Waals surface area (Å²) in [7, 11) is 0. The van der Waals surface area contributed by atoms with Crippen molar-refractivity contribution < 1.29 is 18.7 Å². The van der Waals surface area contributed by atoms with Crippen molar-refractivity contribution >= 4 is 11.8 Å². The molecule has 38 heavy (non-hydrogen) atoms. The minimum Gasteiger partial charge on any atom is -0.484 e. The fourth-order valence-corrected chi connectivity index (χ4v) is 4.07. The van der Waals surface area contributed by atoms with Crippen LogP contribution in [0, 0.1) is 5.82 Å². The second-order valence-corrected chi connectivity index (χ2v) is 11.7. The van der Waals surface area contributed by atoms with E-state index in [9.17, 15) is 14.0 Å². The Labute approximate surface area is 226 Å². The molecular formula is C32H39FN2O3. The molecule has 1 atom stereocenters. The van der Waals surface area contributed by atoms with Crippen LogP contribution in [0.3, 0.4) is 0 Å². The largest absolute Gasteiger partial charge is 0.484 e. The molecule has 0 heterocycles. The molecule has 0 saturated carbocycles. The fraction of sp³-hybridized carbons (Fsp3) is 0.375. The predicted octanol–water partition coefficient (Wildman–Crippen LogP) is 6.06. The molecule has 1 N–H and O–H groups in total. The molecule has 0 fully saturated rings. The van der Waals surface area contributed by atoms with Gasteiger partial charge in [0.1, 0.15) is 17.6 Å². The highest BCUT2D eigenvalue weighted by Crippen LogP contribution is 2.24. The maximum Gasteiger partial charge on any atom is 0.261 e. The first-order chi connectivity index (χ1) is 17.8. The van der Waals surface area contributed by atoms with Gasteiger partial charge in [0.2, 0.25) is 5.91 Å². The van der Waals surface area contributed by atoms with Crippen molar-refractivity contribution in [2.24, 2.45) is 0 Å². The topological polar surface area (TPSA) is 58.6 Å². The summed E-state index contributed by atoms with van der Waals surface area (Å²) < 4.78 is 19.5. The molecule has 0 aromatic heterocycles. The maximum absolute atomic E-state index is 13.7. The van der Waals surface area contributed by atoms with Gasteiger partial charge in [0, 0.05) is 18.5 Å². The van der Waals surface area contributed by atoms with Crippen molar-refractivity contribution in [2.45, 2.75) is 71.5 Å².